The maximum Gasteiger partial charge on any atom is 0.188 e. The van der Waals surface area contributed by atoms with E-state index in [0.717, 1.165) is 31.2 Å². The maximum atomic E-state index is 5.78. The first kappa shape index (κ1) is 12.7. The van der Waals surface area contributed by atoms with Gasteiger partial charge in [-0.2, -0.15) is 0 Å². The first-order chi connectivity index (χ1) is 8.78. The average Bonchev–Trinajstić information content (AvgIpc) is 3.21. The van der Waals surface area contributed by atoms with Crippen molar-refractivity contribution in [2.45, 2.75) is 19.3 Å². The van der Waals surface area contributed by atoms with Crippen molar-refractivity contribution in [3.63, 3.8) is 0 Å². The Labute approximate surface area is 108 Å². The lowest BCUT2D eigenvalue weighted by Crippen LogP contribution is -2.33. The van der Waals surface area contributed by atoms with E-state index in [0.29, 0.717) is 5.96 Å². The first-order valence-electron chi connectivity index (χ1n) is 6.44. The molecule has 0 radical (unpaired) electrons. The Morgan fingerprint density at radius 2 is 2.11 bits per heavy atom. The molecule has 0 aromatic heterocycles. The Hall–Kier alpha value is -1.71. The van der Waals surface area contributed by atoms with E-state index in [1.54, 1.807) is 7.11 Å². The number of nitrogens with two attached hydrogens (primary N) is 1. The largest absolute Gasteiger partial charge is 0.497 e. The molecule has 3 N–H and O–H groups in total. The summed E-state index contributed by atoms with van der Waals surface area (Å²) in [5.41, 5.74) is 7.04. The Bertz CT molecular complexity index is 396. The number of hydrogen-bond acceptors (Lipinski definition) is 2. The molecule has 18 heavy (non-hydrogen) atoms. The second-order valence-corrected chi connectivity index (χ2v) is 4.69. The Balaban J connectivity index is 1.68. The van der Waals surface area contributed by atoms with Gasteiger partial charge < -0.3 is 15.8 Å². The molecule has 1 aromatic carbocycles. The van der Waals surface area contributed by atoms with Crippen LogP contribution in [0.3, 0.4) is 0 Å². The summed E-state index contributed by atoms with van der Waals surface area (Å²) in [6.07, 6.45) is 3.55. The van der Waals surface area contributed by atoms with Crippen LogP contribution in [0, 0.1) is 5.92 Å². The number of ether oxygens (including phenoxy) is 1. The predicted molar refractivity (Wildman–Crippen MR) is 73.9 cm³/mol. The van der Waals surface area contributed by atoms with Crippen molar-refractivity contribution in [1.29, 1.82) is 0 Å². The molecular weight excluding hydrogens is 226 g/mol. The van der Waals surface area contributed by atoms with Gasteiger partial charge in [-0.25, -0.2) is 0 Å². The van der Waals surface area contributed by atoms with Gasteiger partial charge in [0.1, 0.15) is 5.75 Å². The molecule has 1 aliphatic rings. The van der Waals surface area contributed by atoms with E-state index in [4.69, 9.17) is 10.5 Å². The SMILES string of the molecule is COc1ccc(CCNC(N)=NCC2CC2)cc1. The van der Waals surface area contributed by atoms with Gasteiger partial charge in [-0.1, -0.05) is 12.1 Å². The molecule has 0 heterocycles. The van der Waals surface area contributed by atoms with Gasteiger partial charge in [0, 0.05) is 13.1 Å². The molecular formula is C14H21N3O. The molecule has 0 atom stereocenters. The van der Waals surface area contributed by atoms with E-state index in [-0.39, 0.29) is 0 Å². The molecule has 98 valence electrons. The lowest BCUT2D eigenvalue weighted by Gasteiger charge is -2.06. The minimum atomic E-state index is 0.565. The number of nitrogens with one attached hydrogen (secondary N) is 1. The molecule has 1 aliphatic carbocycles. The minimum absolute atomic E-state index is 0.565. The highest BCUT2D eigenvalue weighted by Crippen LogP contribution is 2.28. The summed E-state index contributed by atoms with van der Waals surface area (Å²) in [4.78, 5) is 4.31. The van der Waals surface area contributed by atoms with E-state index in [2.05, 4.69) is 22.4 Å². The molecule has 2 rings (SSSR count). The fourth-order valence-corrected chi connectivity index (χ4v) is 1.71. The molecule has 0 amide bonds. The monoisotopic (exact) mass is 247 g/mol. The fraction of sp³-hybridized carbons (Fsp3) is 0.500. The van der Waals surface area contributed by atoms with Gasteiger partial charge in [-0.3, -0.25) is 4.99 Å². The predicted octanol–water partition coefficient (Wildman–Crippen LogP) is 1.55. The lowest BCUT2D eigenvalue weighted by atomic mass is 10.1. The molecule has 1 fully saturated rings. The molecule has 0 unspecified atom stereocenters. The maximum absolute atomic E-state index is 5.78. The zero-order chi connectivity index (χ0) is 12.8. The van der Waals surface area contributed by atoms with Crippen LogP contribution >= 0.6 is 0 Å². The van der Waals surface area contributed by atoms with E-state index in [1.165, 1.54) is 18.4 Å². The molecule has 1 aromatic rings. The van der Waals surface area contributed by atoms with Crippen LogP contribution in [-0.4, -0.2) is 26.2 Å². The van der Waals surface area contributed by atoms with Crippen LogP contribution in [0.5, 0.6) is 5.75 Å². The number of guanidine groups is 1. The van der Waals surface area contributed by atoms with Crippen LogP contribution in [0.1, 0.15) is 18.4 Å². The second kappa shape index (κ2) is 6.28. The smallest absolute Gasteiger partial charge is 0.188 e. The van der Waals surface area contributed by atoms with E-state index in [9.17, 15) is 0 Å². The summed E-state index contributed by atoms with van der Waals surface area (Å²) in [6, 6.07) is 8.08. The van der Waals surface area contributed by atoms with Crippen LogP contribution < -0.4 is 15.8 Å². The van der Waals surface area contributed by atoms with Gasteiger partial charge in [0.15, 0.2) is 5.96 Å². The number of hydrogen-bond donors (Lipinski definition) is 2. The fourth-order valence-electron chi connectivity index (χ4n) is 1.71. The van der Waals surface area contributed by atoms with Gasteiger partial charge >= 0.3 is 0 Å². The lowest BCUT2D eigenvalue weighted by molar-refractivity contribution is 0.414. The van der Waals surface area contributed by atoms with Crippen molar-refractivity contribution in [2.24, 2.45) is 16.6 Å². The number of nitrogens with zero attached hydrogens (tertiary/aromatic N) is 1. The summed E-state index contributed by atoms with van der Waals surface area (Å²) in [7, 11) is 1.67. The van der Waals surface area contributed by atoms with Crippen molar-refractivity contribution in [3.05, 3.63) is 29.8 Å². The van der Waals surface area contributed by atoms with Crippen molar-refractivity contribution in [2.75, 3.05) is 20.2 Å². The van der Waals surface area contributed by atoms with Gasteiger partial charge in [-0.15, -0.1) is 0 Å². The highest BCUT2D eigenvalue weighted by atomic mass is 16.5. The third-order valence-electron chi connectivity index (χ3n) is 3.10. The highest BCUT2D eigenvalue weighted by molar-refractivity contribution is 5.77. The van der Waals surface area contributed by atoms with E-state index < -0.39 is 0 Å². The standard InChI is InChI=1S/C14H21N3O/c1-18-13-6-4-11(5-7-13)8-9-16-14(15)17-10-12-2-3-12/h4-7,12H,2-3,8-10H2,1H3,(H3,15,16,17). The summed E-state index contributed by atoms with van der Waals surface area (Å²) in [5.74, 6) is 2.24. The Morgan fingerprint density at radius 3 is 2.72 bits per heavy atom. The second-order valence-electron chi connectivity index (χ2n) is 4.69. The van der Waals surface area contributed by atoms with Gasteiger partial charge in [0.2, 0.25) is 0 Å². The van der Waals surface area contributed by atoms with Gasteiger partial charge in [0.25, 0.3) is 0 Å². The number of aliphatic imine (C=N–C) groups is 1. The molecule has 0 aliphatic heterocycles. The Kier molecular flexibility index (Phi) is 4.45. The number of rotatable bonds is 6. The van der Waals surface area contributed by atoms with Crippen molar-refractivity contribution < 1.29 is 4.74 Å². The molecule has 0 saturated heterocycles. The summed E-state index contributed by atoms with van der Waals surface area (Å²) < 4.78 is 5.12. The van der Waals surface area contributed by atoms with Crippen LogP contribution in [-0.2, 0) is 6.42 Å². The summed E-state index contributed by atoms with van der Waals surface area (Å²) >= 11 is 0. The number of methoxy groups -OCH3 is 1. The third kappa shape index (κ3) is 4.28. The normalized spacial score (nSPS) is 15.5. The van der Waals surface area contributed by atoms with Crippen molar-refractivity contribution in [3.8, 4) is 5.75 Å². The molecule has 0 spiro atoms. The molecule has 4 nitrogen and oxygen atoms in total. The molecule has 1 saturated carbocycles. The van der Waals surface area contributed by atoms with Gasteiger partial charge in [-0.05, 0) is 42.9 Å². The average molecular weight is 247 g/mol. The zero-order valence-corrected chi connectivity index (χ0v) is 10.9. The van der Waals surface area contributed by atoms with Crippen LogP contribution in [0.2, 0.25) is 0 Å². The quantitative estimate of drug-likeness (QED) is 0.592. The zero-order valence-electron chi connectivity index (χ0n) is 10.9. The van der Waals surface area contributed by atoms with Crippen LogP contribution in [0.4, 0.5) is 0 Å². The minimum Gasteiger partial charge on any atom is -0.497 e. The molecule has 0 bridgehead atoms. The topological polar surface area (TPSA) is 59.6 Å². The van der Waals surface area contributed by atoms with Crippen molar-refractivity contribution in [1.82, 2.24) is 5.32 Å². The first-order valence-corrected chi connectivity index (χ1v) is 6.44. The van der Waals surface area contributed by atoms with Crippen molar-refractivity contribution >= 4 is 5.96 Å². The van der Waals surface area contributed by atoms with Crippen LogP contribution in [0.15, 0.2) is 29.3 Å². The van der Waals surface area contributed by atoms with E-state index >= 15 is 0 Å². The van der Waals surface area contributed by atoms with Gasteiger partial charge in [0.05, 0.1) is 7.11 Å². The van der Waals surface area contributed by atoms with E-state index in [1.807, 2.05) is 12.1 Å². The summed E-state index contributed by atoms with van der Waals surface area (Å²) in [6.45, 7) is 1.69. The summed E-state index contributed by atoms with van der Waals surface area (Å²) in [5, 5.41) is 3.14. The van der Waals surface area contributed by atoms with Crippen LogP contribution in [0.25, 0.3) is 0 Å². The third-order valence-corrected chi connectivity index (χ3v) is 3.10. The molecule has 4 heteroatoms. The Morgan fingerprint density at radius 1 is 1.39 bits per heavy atom. The highest BCUT2D eigenvalue weighted by Gasteiger charge is 2.20. The number of benzene rings is 1.